The first-order valence-corrected chi connectivity index (χ1v) is 9.84. The largest absolute Gasteiger partial charge is 0.322 e. The summed E-state index contributed by atoms with van der Waals surface area (Å²) in [5.74, 6) is 0.350. The molecule has 0 saturated carbocycles. The molecule has 0 spiro atoms. The van der Waals surface area contributed by atoms with Crippen LogP contribution in [0.3, 0.4) is 0 Å². The minimum absolute atomic E-state index is 0.280. The molecule has 5 aromatic rings. The van der Waals surface area contributed by atoms with Gasteiger partial charge in [-0.15, -0.1) is 0 Å². The normalized spacial score (nSPS) is 10.9. The molecule has 1 amide bonds. The van der Waals surface area contributed by atoms with Crippen LogP contribution in [0.4, 0.5) is 5.69 Å². The van der Waals surface area contributed by atoms with Gasteiger partial charge in [0.1, 0.15) is 0 Å². The van der Waals surface area contributed by atoms with Crippen molar-refractivity contribution in [2.24, 2.45) is 0 Å². The first-order chi connectivity index (χ1) is 15.2. The summed E-state index contributed by atoms with van der Waals surface area (Å²) in [5, 5.41) is 7.52. The maximum absolute atomic E-state index is 12.7. The van der Waals surface area contributed by atoms with Gasteiger partial charge < -0.3 is 5.32 Å². The van der Waals surface area contributed by atoms with Crippen molar-refractivity contribution in [1.29, 1.82) is 0 Å². The Morgan fingerprint density at radius 2 is 1.81 bits per heavy atom. The number of fused-ring (bicyclic) bond motifs is 1. The second-order valence-corrected chi connectivity index (χ2v) is 7.16. The lowest BCUT2D eigenvalue weighted by Gasteiger charge is -2.10. The number of amides is 1. The summed E-state index contributed by atoms with van der Waals surface area (Å²) in [7, 11) is 0. The van der Waals surface area contributed by atoms with E-state index in [1.54, 1.807) is 59.7 Å². The molecular weight excluding hydrogens is 412 g/mol. The number of carbonyl (C=O) groups excluding carboxylic acids is 1. The van der Waals surface area contributed by atoms with Crippen LogP contribution in [0.1, 0.15) is 10.4 Å². The number of nitrogens with zero attached hydrogens (tertiary/aromatic N) is 5. The number of para-hydroxylation sites is 2. The molecule has 0 aliphatic carbocycles. The highest BCUT2D eigenvalue weighted by Crippen LogP contribution is 2.30. The average Bonchev–Trinajstić information content (AvgIpc) is 3.35. The van der Waals surface area contributed by atoms with Crippen molar-refractivity contribution in [2.75, 3.05) is 5.32 Å². The van der Waals surface area contributed by atoms with Crippen LogP contribution in [0.2, 0.25) is 5.02 Å². The van der Waals surface area contributed by atoms with Crippen LogP contribution in [0, 0.1) is 0 Å². The Balaban J connectivity index is 1.40. The van der Waals surface area contributed by atoms with Crippen LogP contribution in [0.5, 0.6) is 0 Å². The Morgan fingerprint density at radius 1 is 0.935 bits per heavy atom. The first-order valence-electron chi connectivity index (χ1n) is 9.46. The van der Waals surface area contributed by atoms with E-state index in [0.29, 0.717) is 33.3 Å². The third-order valence-electron chi connectivity index (χ3n) is 4.70. The molecule has 0 aliphatic rings. The summed E-state index contributed by atoms with van der Waals surface area (Å²) in [6, 6.07) is 18.1. The SMILES string of the molecule is O=C(Nc1ccc(Cl)c(-c2cnc3ccccc3n2)c1)c1ccc(-n2cccn2)nc1. The molecule has 0 fully saturated rings. The quantitative estimate of drug-likeness (QED) is 0.447. The van der Waals surface area contributed by atoms with E-state index in [4.69, 9.17) is 11.6 Å². The Labute approximate surface area is 182 Å². The van der Waals surface area contributed by atoms with Crippen LogP contribution < -0.4 is 5.32 Å². The van der Waals surface area contributed by atoms with Gasteiger partial charge in [-0.25, -0.2) is 14.6 Å². The molecular formula is C23H15ClN6O. The molecule has 3 aromatic heterocycles. The van der Waals surface area contributed by atoms with Crippen molar-refractivity contribution in [3.05, 3.63) is 96.0 Å². The summed E-state index contributed by atoms with van der Waals surface area (Å²) in [6.07, 6.45) is 6.64. The monoisotopic (exact) mass is 426 g/mol. The van der Waals surface area contributed by atoms with E-state index in [1.807, 2.05) is 24.3 Å². The molecule has 5 rings (SSSR count). The molecule has 150 valence electrons. The molecule has 2 aromatic carbocycles. The fourth-order valence-electron chi connectivity index (χ4n) is 3.15. The van der Waals surface area contributed by atoms with Gasteiger partial charge in [0.05, 0.1) is 33.5 Å². The van der Waals surface area contributed by atoms with Crippen LogP contribution in [-0.4, -0.2) is 30.6 Å². The molecule has 7 nitrogen and oxygen atoms in total. The van der Waals surface area contributed by atoms with Crippen molar-refractivity contribution in [3.63, 3.8) is 0 Å². The third kappa shape index (κ3) is 3.86. The first kappa shape index (κ1) is 18.9. The maximum Gasteiger partial charge on any atom is 0.257 e. The lowest BCUT2D eigenvalue weighted by Crippen LogP contribution is -2.12. The third-order valence-corrected chi connectivity index (χ3v) is 5.03. The van der Waals surface area contributed by atoms with Crippen molar-refractivity contribution in [3.8, 4) is 17.1 Å². The summed E-state index contributed by atoms with van der Waals surface area (Å²) in [4.78, 5) is 26.1. The lowest BCUT2D eigenvalue weighted by molar-refractivity contribution is 0.102. The zero-order valence-corrected chi connectivity index (χ0v) is 16.9. The molecule has 0 radical (unpaired) electrons. The Bertz CT molecular complexity index is 1380. The van der Waals surface area contributed by atoms with Crippen LogP contribution in [0.15, 0.2) is 85.5 Å². The number of benzene rings is 2. The van der Waals surface area contributed by atoms with Gasteiger partial charge in [0.25, 0.3) is 5.91 Å². The van der Waals surface area contributed by atoms with Crippen molar-refractivity contribution < 1.29 is 4.79 Å². The van der Waals surface area contributed by atoms with Crippen molar-refractivity contribution in [1.82, 2.24) is 24.7 Å². The van der Waals surface area contributed by atoms with Gasteiger partial charge in [-0.1, -0.05) is 23.7 Å². The lowest BCUT2D eigenvalue weighted by atomic mass is 10.1. The maximum atomic E-state index is 12.7. The predicted octanol–water partition coefficient (Wildman–Crippen LogP) is 4.78. The Morgan fingerprint density at radius 3 is 2.58 bits per heavy atom. The van der Waals surface area contributed by atoms with Gasteiger partial charge in [0.15, 0.2) is 5.82 Å². The second-order valence-electron chi connectivity index (χ2n) is 6.75. The number of rotatable bonds is 4. The standard InChI is InChI=1S/C23H15ClN6O/c24-18-8-7-16(12-17(18)21-14-25-19-4-1-2-5-20(19)29-21)28-23(31)15-6-9-22(26-13-15)30-11-3-10-27-30/h1-14H,(H,28,31). The summed E-state index contributed by atoms with van der Waals surface area (Å²) >= 11 is 6.40. The van der Waals surface area contributed by atoms with Gasteiger partial charge in [-0.2, -0.15) is 5.10 Å². The van der Waals surface area contributed by atoms with Gasteiger partial charge >= 0.3 is 0 Å². The molecule has 0 bridgehead atoms. The number of nitrogens with one attached hydrogen (secondary N) is 1. The van der Waals surface area contributed by atoms with E-state index in [9.17, 15) is 4.79 Å². The number of hydrogen-bond donors (Lipinski definition) is 1. The van der Waals surface area contributed by atoms with E-state index in [-0.39, 0.29) is 5.91 Å². The van der Waals surface area contributed by atoms with E-state index < -0.39 is 0 Å². The second kappa shape index (κ2) is 7.97. The molecule has 31 heavy (non-hydrogen) atoms. The van der Waals surface area contributed by atoms with Crippen LogP contribution >= 0.6 is 11.6 Å². The minimum atomic E-state index is -0.280. The van der Waals surface area contributed by atoms with E-state index >= 15 is 0 Å². The topological polar surface area (TPSA) is 85.6 Å². The summed E-state index contributed by atoms with van der Waals surface area (Å²) in [6.45, 7) is 0. The zero-order valence-electron chi connectivity index (χ0n) is 16.1. The van der Waals surface area contributed by atoms with Crippen molar-refractivity contribution in [2.45, 2.75) is 0 Å². The number of aromatic nitrogens is 5. The highest BCUT2D eigenvalue weighted by Gasteiger charge is 2.12. The van der Waals surface area contributed by atoms with E-state index in [1.165, 1.54) is 6.20 Å². The van der Waals surface area contributed by atoms with Gasteiger partial charge in [-0.05, 0) is 48.5 Å². The van der Waals surface area contributed by atoms with Crippen molar-refractivity contribution >= 4 is 34.2 Å². The van der Waals surface area contributed by atoms with E-state index in [0.717, 1.165) is 11.0 Å². The Kier molecular flexibility index (Phi) is 4.86. The molecule has 0 aliphatic heterocycles. The molecule has 3 heterocycles. The molecule has 0 atom stereocenters. The van der Waals surface area contributed by atoms with Gasteiger partial charge in [0.2, 0.25) is 0 Å². The predicted molar refractivity (Wildman–Crippen MR) is 119 cm³/mol. The van der Waals surface area contributed by atoms with Crippen LogP contribution in [0.25, 0.3) is 28.1 Å². The number of anilines is 1. The molecule has 1 N–H and O–H groups in total. The average molecular weight is 427 g/mol. The highest BCUT2D eigenvalue weighted by atomic mass is 35.5. The molecule has 0 saturated heterocycles. The number of carbonyl (C=O) groups is 1. The highest BCUT2D eigenvalue weighted by molar-refractivity contribution is 6.33. The Hall–Kier alpha value is -4.10. The molecule has 8 heteroatoms. The van der Waals surface area contributed by atoms with E-state index in [2.05, 4.69) is 25.4 Å². The fourth-order valence-corrected chi connectivity index (χ4v) is 3.36. The minimum Gasteiger partial charge on any atom is -0.322 e. The summed E-state index contributed by atoms with van der Waals surface area (Å²) in [5.41, 5.74) is 3.91. The van der Waals surface area contributed by atoms with Gasteiger partial charge in [0, 0.05) is 29.8 Å². The smallest absolute Gasteiger partial charge is 0.257 e. The fraction of sp³-hybridized carbons (Fsp3) is 0. The number of hydrogen-bond acceptors (Lipinski definition) is 5. The number of halogens is 1. The summed E-state index contributed by atoms with van der Waals surface area (Å²) < 4.78 is 1.62. The van der Waals surface area contributed by atoms with Crippen LogP contribution in [-0.2, 0) is 0 Å². The molecule has 0 unspecified atom stereocenters. The zero-order chi connectivity index (χ0) is 21.2. The number of pyridine rings is 1. The van der Waals surface area contributed by atoms with Gasteiger partial charge in [-0.3, -0.25) is 9.78 Å².